The second-order valence-corrected chi connectivity index (χ2v) is 5.11. The van der Waals surface area contributed by atoms with Crippen molar-refractivity contribution >= 4 is 5.70 Å². The molecular weight excluding hydrogens is 284 g/mol. The van der Waals surface area contributed by atoms with Gasteiger partial charge in [0.25, 0.3) is 0 Å². The molecule has 3 aromatic rings. The van der Waals surface area contributed by atoms with Crippen LogP contribution in [-0.4, -0.2) is 12.1 Å². The Morgan fingerprint density at radius 1 is 0.870 bits per heavy atom. The van der Waals surface area contributed by atoms with Crippen LogP contribution >= 0.6 is 0 Å². The molecule has 0 unspecified atom stereocenters. The molecular formula is C20H18N2O. The fourth-order valence-corrected chi connectivity index (χ4v) is 2.47. The Kier molecular flexibility index (Phi) is 4.50. The lowest BCUT2D eigenvalue weighted by Crippen LogP contribution is -2.10. The first-order chi connectivity index (χ1) is 11.3. The molecule has 3 rings (SSSR count). The summed E-state index contributed by atoms with van der Waals surface area (Å²) in [5.41, 5.74) is 8.34. The zero-order valence-corrected chi connectivity index (χ0v) is 13.0. The average molecular weight is 302 g/mol. The van der Waals surface area contributed by atoms with Crippen molar-refractivity contribution in [1.29, 1.82) is 0 Å². The van der Waals surface area contributed by atoms with Crippen molar-refractivity contribution in [3.63, 3.8) is 0 Å². The highest BCUT2D eigenvalue weighted by atomic mass is 16.6. The second kappa shape index (κ2) is 6.90. The lowest BCUT2D eigenvalue weighted by Gasteiger charge is -2.13. The molecule has 0 radical (unpaired) electrons. The topological polar surface area (TPSA) is 34.1 Å². The van der Waals surface area contributed by atoms with Crippen LogP contribution in [0, 0.1) is 0 Å². The summed E-state index contributed by atoms with van der Waals surface area (Å²) in [5.74, 6) is 0. The van der Waals surface area contributed by atoms with Gasteiger partial charge in [-0.2, -0.15) is 0 Å². The quantitative estimate of drug-likeness (QED) is 0.703. The van der Waals surface area contributed by atoms with E-state index in [2.05, 4.69) is 42.4 Å². The molecule has 2 aromatic carbocycles. The first-order valence-electron chi connectivity index (χ1n) is 7.40. The Morgan fingerprint density at radius 3 is 2.09 bits per heavy atom. The zero-order valence-electron chi connectivity index (χ0n) is 13.0. The number of hydroxylamine groups is 1. The summed E-state index contributed by atoms with van der Waals surface area (Å²) >= 11 is 0. The molecule has 0 aliphatic carbocycles. The molecule has 1 heterocycles. The summed E-state index contributed by atoms with van der Waals surface area (Å²) in [5, 5.41) is 0. The molecule has 0 saturated carbocycles. The van der Waals surface area contributed by atoms with Gasteiger partial charge < -0.3 is 0 Å². The SMILES string of the molecule is C=C(NOC)c1ccc(-c2ccccc2)c(-c2ccccc2)n1. The molecule has 3 heteroatoms. The first kappa shape index (κ1) is 15.0. The third-order valence-electron chi connectivity index (χ3n) is 3.56. The summed E-state index contributed by atoms with van der Waals surface area (Å²) in [4.78, 5) is 9.72. The first-order valence-corrected chi connectivity index (χ1v) is 7.40. The van der Waals surface area contributed by atoms with Crippen molar-refractivity contribution in [2.75, 3.05) is 7.11 Å². The minimum atomic E-state index is 0.629. The monoisotopic (exact) mass is 302 g/mol. The number of pyridine rings is 1. The number of nitrogens with zero attached hydrogens (tertiary/aromatic N) is 1. The highest BCUT2D eigenvalue weighted by Crippen LogP contribution is 2.31. The molecule has 0 amide bonds. The van der Waals surface area contributed by atoms with E-state index >= 15 is 0 Å². The van der Waals surface area contributed by atoms with Crippen LogP contribution in [0.5, 0.6) is 0 Å². The maximum Gasteiger partial charge on any atom is 0.0885 e. The van der Waals surface area contributed by atoms with Crippen LogP contribution in [-0.2, 0) is 4.84 Å². The second-order valence-electron chi connectivity index (χ2n) is 5.11. The fraction of sp³-hybridized carbons (Fsp3) is 0.0500. The minimum Gasteiger partial charge on any atom is -0.279 e. The van der Waals surface area contributed by atoms with Gasteiger partial charge in [-0.3, -0.25) is 10.3 Å². The molecule has 1 N–H and O–H groups in total. The van der Waals surface area contributed by atoms with Crippen LogP contribution in [0.3, 0.4) is 0 Å². The van der Waals surface area contributed by atoms with E-state index in [0.717, 1.165) is 28.1 Å². The van der Waals surface area contributed by atoms with E-state index in [4.69, 9.17) is 9.82 Å². The van der Waals surface area contributed by atoms with Gasteiger partial charge in [0.2, 0.25) is 0 Å². The van der Waals surface area contributed by atoms with Gasteiger partial charge in [-0.05, 0) is 17.7 Å². The van der Waals surface area contributed by atoms with E-state index in [9.17, 15) is 0 Å². The Labute approximate surface area is 136 Å². The van der Waals surface area contributed by atoms with Crippen LogP contribution in [0.25, 0.3) is 28.1 Å². The van der Waals surface area contributed by atoms with Gasteiger partial charge >= 0.3 is 0 Å². The third-order valence-corrected chi connectivity index (χ3v) is 3.56. The van der Waals surface area contributed by atoms with E-state index in [-0.39, 0.29) is 0 Å². The van der Waals surface area contributed by atoms with Gasteiger partial charge in [0.05, 0.1) is 24.2 Å². The Bertz CT molecular complexity index is 798. The molecule has 0 saturated heterocycles. The number of hydrogen-bond acceptors (Lipinski definition) is 3. The van der Waals surface area contributed by atoms with Crippen LogP contribution in [0.15, 0.2) is 79.4 Å². The molecule has 3 nitrogen and oxygen atoms in total. The third kappa shape index (κ3) is 3.30. The van der Waals surface area contributed by atoms with E-state index < -0.39 is 0 Å². The Balaban J connectivity index is 2.15. The summed E-state index contributed by atoms with van der Waals surface area (Å²) in [6, 6.07) is 24.4. The number of rotatable bonds is 5. The molecule has 114 valence electrons. The molecule has 23 heavy (non-hydrogen) atoms. The van der Waals surface area contributed by atoms with Crippen molar-refractivity contribution in [3.05, 3.63) is 85.1 Å². The van der Waals surface area contributed by atoms with Crippen molar-refractivity contribution in [3.8, 4) is 22.4 Å². The van der Waals surface area contributed by atoms with Crippen LogP contribution in [0.1, 0.15) is 5.69 Å². The molecule has 0 aliphatic heterocycles. The average Bonchev–Trinajstić information content (AvgIpc) is 2.63. The maximum atomic E-state index is 4.93. The lowest BCUT2D eigenvalue weighted by molar-refractivity contribution is 0.136. The fourth-order valence-electron chi connectivity index (χ4n) is 2.47. The number of aromatic nitrogens is 1. The predicted octanol–water partition coefficient (Wildman–Crippen LogP) is 4.54. The number of hydrogen-bond donors (Lipinski definition) is 1. The van der Waals surface area contributed by atoms with Crippen LogP contribution in [0.2, 0.25) is 0 Å². The lowest BCUT2D eigenvalue weighted by atomic mass is 9.98. The standard InChI is InChI=1S/C20H18N2O/c1-15(22-23-2)19-14-13-18(16-9-5-3-6-10-16)20(21-19)17-11-7-4-8-12-17/h3-14,22H,1H2,2H3. The summed E-state index contributed by atoms with van der Waals surface area (Å²) in [6.07, 6.45) is 0. The minimum absolute atomic E-state index is 0.629. The smallest absolute Gasteiger partial charge is 0.0885 e. The van der Waals surface area contributed by atoms with Crippen LogP contribution in [0.4, 0.5) is 0 Å². The molecule has 0 atom stereocenters. The zero-order chi connectivity index (χ0) is 16.1. The summed E-state index contributed by atoms with van der Waals surface area (Å²) in [7, 11) is 1.56. The molecule has 0 fully saturated rings. The maximum absolute atomic E-state index is 4.93. The Hall–Kier alpha value is -2.91. The molecule has 0 spiro atoms. The van der Waals surface area contributed by atoms with Gasteiger partial charge in [0.1, 0.15) is 0 Å². The predicted molar refractivity (Wildman–Crippen MR) is 94.3 cm³/mol. The van der Waals surface area contributed by atoms with Gasteiger partial charge in [-0.15, -0.1) is 0 Å². The van der Waals surface area contributed by atoms with E-state index in [1.54, 1.807) is 7.11 Å². The largest absolute Gasteiger partial charge is 0.279 e. The number of benzene rings is 2. The van der Waals surface area contributed by atoms with E-state index in [0.29, 0.717) is 5.70 Å². The van der Waals surface area contributed by atoms with Crippen molar-refractivity contribution in [2.24, 2.45) is 0 Å². The van der Waals surface area contributed by atoms with Crippen molar-refractivity contribution in [2.45, 2.75) is 0 Å². The molecule has 1 aromatic heterocycles. The highest BCUT2D eigenvalue weighted by molar-refractivity contribution is 5.82. The number of nitrogens with one attached hydrogen (secondary N) is 1. The molecule has 0 bridgehead atoms. The normalized spacial score (nSPS) is 10.3. The van der Waals surface area contributed by atoms with Crippen molar-refractivity contribution in [1.82, 2.24) is 10.5 Å². The van der Waals surface area contributed by atoms with Gasteiger partial charge in [-0.25, -0.2) is 4.98 Å². The van der Waals surface area contributed by atoms with Gasteiger partial charge in [0.15, 0.2) is 0 Å². The van der Waals surface area contributed by atoms with Gasteiger partial charge in [-0.1, -0.05) is 67.2 Å². The van der Waals surface area contributed by atoms with E-state index in [1.807, 2.05) is 42.5 Å². The van der Waals surface area contributed by atoms with Gasteiger partial charge in [0, 0.05) is 11.1 Å². The Morgan fingerprint density at radius 2 is 1.48 bits per heavy atom. The van der Waals surface area contributed by atoms with Crippen molar-refractivity contribution < 1.29 is 4.84 Å². The van der Waals surface area contributed by atoms with Crippen LogP contribution < -0.4 is 5.48 Å². The highest BCUT2D eigenvalue weighted by Gasteiger charge is 2.11. The summed E-state index contributed by atoms with van der Waals surface area (Å²) in [6.45, 7) is 3.95. The molecule has 0 aliphatic rings. The van der Waals surface area contributed by atoms with E-state index in [1.165, 1.54) is 0 Å². The summed E-state index contributed by atoms with van der Waals surface area (Å²) < 4.78 is 0.